The van der Waals surface area contributed by atoms with E-state index in [-0.39, 0.29) is 18.0 Å². The number of carbonyl (C=O) groups is 2. The SMILES string of the molecule is CCNC(=O)[C@H]1O[C@@H](n2cnc3c(NCC(c4ccccc4)c4ccccc4)nc(N4CC[C@@H](NC(=O)NCc5ccccn5)C4)nc32)[C@H](O)[C@@H]1O. The van der Waals surface area contributed by atoms with Crippen molar-refractivity contribution in [3.05, 3.63) is 108 Å². The molecule has 2 fully saturated rings. The molecule has 0 radical (unpaired) electrons. The monoisotopic (exact) mass is 706 g/mol. The number of nitrogens with zero attached hydrogens (tertiary/aromatic N) is 6. The highest BCUT2D eigenvalue weighted by atomic mass is 16.6. The second-order valence-electron chi connectivity index (χ2n) is 12.9. The number of anilines is 2. The van der Waals surface area contributed by atoms with E-state index in [2.05, 4.69) is 55.5 Å². The van der Waals surface area contributed by atoms with Crippen LogP contribution in [0, 0.1) is 0 Å². The van der Waals surface area contributed by atoms with E-state index in [0.717, 1.165) is 16.8 Å². The van der Waals surface area contributed by atoms with Gasteiger partial charge in [0.2, 0.25) is 5.95 Å². The van der Waals surface area contributed by atoms with E-state index in [1.807, 2.05) is 59.5 Å². The smallest absolute Gasteiger partial charge is 0.315 e. The Morgan fingerprint density at radius 3 is 2.35 bits per heavy atom. The molecule has 0 unspecified atom stereocenters. The molecule has 15 nitrogen and oxygen atoms in total. The van der Waals surface area contributed by atoms with Crippen LogP contribution in [0.25, 0.3) is 11.2 Å². The number of imidazole rings is 1. The molecule has 15 heteroatoms. The van der Waals surface area contributed by atoms with E-state index in [4.69, 9.17) is 14.7 Å². The van der Waals surface area contributed by atoms with Gasteiger partial charge in [-0.1, -0.05) is 66.7 Å². The molecule has 0 saturated carbocycles. The lowest BCUT2D eigenvalue weighted by Gasteiger charge is -2.22. The van der Waals surface area contributed by atoms with Gasteiger partial charge in [-0.3, -0.25) is 14.3 Å². The molecule has 3 aromatic heterocycles. The third kappa shape index (κ3) is 7.51. The van der Waals surface area contributed by atoms with E-state index in [1.165, 1.54) is 10.9 Å². The number of amides is 3. The summed E-state index contributed by atoms with van der Waals surface area (Å²) >= 11 is 0. The van der Waals surface area contributed by atoms with E-state index in [9.17, 15) is 19.8 Å². The summed E-state index contributed by atoms with van der Waals surface area (Å²) in [5.41, 5.74) is 3.78. The number of pyridine rings is 1. The highest BCUT2D eigenvalue weighted by molar-refractivity contribution is 5.85. The minimum absolute atomic E-state index is 0.0177. The van der Waals surface area contributed by atoms with Crippen LogP contribution >= 0.6 is 0 Å². The van der Waals surface area contributed by atoms with Crippen LogP contribution in [0.15, 0.2) is 91.4 Å². The molecule has 2 aliphatic rings. The first-order chi connectivity index (χ1) is 25.4. The predicted molar refractivity (Wildman–Crippen MR) is 193 cm³/mol. The van der Waals surface area contributed by atoms with Crippen LogP contribution in [0.2, 0.25) is 0 Å². The zero-order valence-electron chi connectivity index (χ0n) is 28.7. The van der Waals surface area contributed by atoms with Crippen molar-refractivity contribution in [2.75, 3.05) is 36.4 Å². The van der Waals surface area contributed by atoms with Gasteiger partial charge >= 0.3 is 6.03 Å². The van der Waals surface area contributed by atoms with Gasteiger partial charge in [0, 0.05) is 44.3 Å². The molecular weight excluding hydrogens is 664 g/mol. The summed E-state index contributed by atoms with van der Waals surface area (Å²) in [6.45, 7) is 3.91. The minimum Gasteiger partial charge on any atom is -0.387 e. The van der Waals surface area contributed by atoms with Gasteiger partial charge in [0.05, 0.1) is 18.6 Å². The second-order valence-corrected chi connectivity index (χ2v) is 12.9. The maximum Gasteiger partial charge on any atom is 0.315 e. The molecule has 2 saturated heterocycles. The van der Waals surface area contributed by atoms with Gasteiger partial charge in [0.25, 0.3) is 5.91 Å². The molecule has 0 spiro atoms. The zero-order valence-corrected chi connectivity index (χ0v) is 28.7. The van der Waals surface area contributed by atoms with Gasteiger partial charge in [-0.25, -0.2) is 9.78 Å². The van der Waals surface area contributed by atoms with E-state index < -0.39 is 30.4 Å². The largest absolute Gasteiger partial charge is 0.387 e. The van der Waals surface area contributed by atoms with Crippen molar-refractivity contribution in [2.45, 2.75) is 56.4 Å². The Morgan fingerprint density at radius 1 is 0.923 bits per heavy atom. The van der Waals surface area contributed by atoms with Crippen molar-refractivity contribution in [3.63, 3.8) is 0 Å². The first-order valence-electron chi connectivity index (χ1n) is 17.5. The summed E-state index contributed by atoms with van der Waals surface area (Å²) in [7, 11) is 0. The van der Waals surface area contributed by atoms with Gasteiger partial charge in [0.1, 0.15) is 12.2 Å². The van der Waals surface area contributed by atoms with Crippen molar-refractivity contribution in [3.8, 4) is 0 Å². The summed E-state index contributed by atoms with van der Waals surface area (Å²) < 4.78 is 7.47. The molecule has 5 atom stereocenters. The molecule has 3 amide bonds. The third-order valence-corrected chi connectivity index (χ3v) is 9.37. The van der Waals surface area contributed by atoms with Crippen molar-refractivity contribution >= 4 is 34.9 Å². The van der Waals surface area contributed by atoms with Crippen molar-refractivity contribution in [2.24, 2.45) is 0 Å². The average molecular weight is 707 g/mol. The molecule has 0 aliphatic carbocycles. The Morgan fingerprint density at radius 2 is 1.65 bits per heavy atom. The van der Waals surface area contributed by atoms with Crippen molar-refractivity contribution < 1.29 is 24.5 Å². The number of aliphatic hydroxyl groups excluding tert-OH is 2. The molecule has 5 aromatic rings. The van der Waals surface area contributed by atoms with Gasteiger partial charge in [-0.05, 0) is 36.6 Å². The molecule has 6 N–H and O–H groups in total. The predicted octanol–water partition coefficient (Wildman–Crippen LogP) is 2.30. The minimum atomic E-state index is -1.46. The van der Waals surface area contributed by atoms with Crippen LogP contribution in [0.4, 0.5) is 16.6 Å². The molecule has 2 aromatic carbocycles. The van der Waals surface area contributed by atoms with E-state index in [0.29, 0.717) is 62.1 Å². The van der Waals surface area contributed by atoms with Crippen LogP contribution in [0.1, 0.15) is 42.3 Å². The van der Waals surface area contributed by atoms with Crippen molar-refractivity contribution in [1.29, 1.82) is 0 Å². The lowest BCUT2D eigenvalue weighted by atomic mass is 9.91. The average Bonchev–Trinajstić information content (AvgIpc) is 3.90. The number of carbonyl (C=O) groups excluding carboxylic acids is 2. The fourth-order valence-corrected chi connectivity index (χ4v) is 6.70. The summed E-state index contributed by atoms with van der Waals surface area (Å²) in [5.74, 6) is 0.315. The standard InChI is InChI=1S/C37H42N10O5/c1-2-38-34(50)31-29(48)30(49)35(52-31)47-22-42-28-32(40-20-27(23-11-5-3-6-12-23)24-13-7-4-8-14-24)44-36(45-33(28)47)46-18-16-26(21-46)43-37(51)41-19-25-15-9-10-17-39-25/h3-15,17,22,26-27,29-31,35,48-49H,2,16,18-21H2,1H3,(H,38,50)(H,40,44,45)(H2,41,43,51)/t26-,29+,30-,31+,35-/m1/s1. The number of aromatic nitrogens is 5. The number of hydrogen-bond acceptors (Lipinski definition) is 11. The number of aliphatic hydroxyl groups is 2. The Bertz CT molecular complexity index is 1930. The van der Waals surface area contributed by atoms with Crippen LogP contribution < -0.4 is 26.2 Å². The van der Waals surface area contributed by atoms with Crippen LogP contribution in [-0.4, -0.2) is 97.2 Å². The molecule has 7 rings (SSSR count). The van der Waals surface area contributed by atoms with Gasteiger partial charge in [-0.15, -0.1) is 0 Å². The summed E-state index contributed by atoms with van der Waals surface area (Å²) in [6.07, 6.45) is -1.48. The highest BCUT2D eigenvalue weighted by Crippen LogP contribution is 2.34. The van der Waals surface area contributed by atoms with Crippen molar-refractivity contribution in [1.82, 2.24) is 40.5 Å². The zero-order chi connectivity index (χ0) is 36.0. The summed E-state index contributed by atoms with van der Waals surface area (Å²) in [4.78, 5) is 46.1. The first-order valence-corrected chi connectivity index (χ1v) is 17.5. The number of fused-ring (bicyclic) bond motifs is 1. The Labute approximate surface area is 300 Å². The number of benzene rings is 2. The second kappa shape index (κ2) is 15.7. The van der Waals surface area contributed by atoms with Gasteiger partial charge in [-0.2, -0.15) is 9.97 Å². The van der Waals surface area contributed by atoms with E-state index in [1.54, 1.807) is 13.1 Å². The third-order valence-electron chi connectivity index (χ3n) is 9.37. The van der Waals surface area contributed by atoms with E-state index >= 15 is 0 Å². The Balaban J connectivity index is 1.17. The van der Waals surface area contributed by atoms with Gasteiger partial charge in [0.15, 0.2) is 29.3 Å². The first kappa shape index (κ1) is 34.8. The lowest BCUT2D eigenvalue weighted by Crippen LogP contribution is -2.43. The number of likely N-dealkylation sites (N-methyl/N-ethyl adjacent to an activating group) is 1. The molecule has 0 bridgehead atoms. The maximum absolute atomic E-state index is 12.7. The fraction of sp³-hybridized carbons (Fsp3) is 0.351. The molecule has 52 heavy (non-hydrogen) atoms. The molecular formula is C37H42N10O5. The maximum atomic E-state index is 12.7. The Hall–Kier alpha value is -5.64. The Kier molecular flexibility index (Phi) is 10.5. The number of urea groups is 1. The number of rotatable bonds is 12. The normalized spacial score (nSPS) is 21.4. The molecule has 5 heterocycles. The molecule has 2 aliphatic heterocycles. The fourth-order valence-electron chi connectivity index (χ4n) is 6.70. The van der Waals surface area contributed by atoms with Crippen LogP contribution in [-0.2, 0) is 16.1 Å². The number of ether oxygens (including phenoxy) is 1. The van der Waals surface area contributed by atoms with Gasteiger partial charge < -0.3 is 41.1 Å². The quantitative estimate of drug-likeness (QED) is 0.112. The highest BCUT2D eigenvalue weighted by Gasteiger charge is 2.47. The number of hydrogen-bond donors (Lipinski definition) is 6. The van der Waals surface area contributed by atoms with Crippen LogP contribution in [0.3, 0.4) is 0 Å². The molecule has 270 valence electrons. The summed E-state index contributed by atoms with van der Waals surface area (Å²) in [5, 5.41) is 33.9. The topological polar surface area (TPSA) is 192 Å². The lowest BCUT2D eigenvalue weighted by molar-refractivity contribution is -0.137. The number of nitrogens with one attached hydrogen (secondary N) is 4. The van der Waals surface area contributed by atoms with Crippen LogP contribution in [0.5, 0.6) is 0 Å². The summed E-state index contributed by atoms with van der Waals surface area (Å²) in [6, 6.07) is 25.5.